The Hall–Kier alpha value is -0.600. The van der Waals surface area contributed by atoms with Gasteiger partial charge in [-0.2, -0.15) is 0 Å². The lowest BCUT2D eigenvalue weighted by Gasteiger charge is -2.15. The molecule has 0 fully saturated rings. The Labute approximate surface area is 67.4 Å². The fraction of sp³-hybridized carbons (Fsp3) is 0.875. The minimum absolute atomic E-state index is 0.112. The Bertz CT molecular complexity index is 117. The van der Waals surface area contributed by atoms with Gasteiger partial charge in [0.05, 0.1) is 6.67 Å². The molecule has 0 bridgehead atoms. The number of nitrogens with zero attached hydrogens (tertiary/aromatic N) is 1. The third kappa shape index (κ3) is 4.76. The van der Waals surface area contributed by atoms with Gasteiger partial charge in [-0.1, -0.05) is 6.92 Å². The van der Waals surface area contributed by atoms with E-state index in [-0.39, 0.29) is 12.6 Å². The number of rotatable bonds is 5. The van der Waals surface area contributed by atoms with E-state index in [1.807, 2.05) is 6.92 Å². The number of hydrogen-bond donors (Lipinski definition) is 0. The van der Waals surface area contributed by atoms with E-state index in [2.05, 4.69) is 0 Å². The molecule has 0 rings (SSSR count). The van der Waals surface area contributed by atoms with Crippen molar-refractivity contribution in [3.8, 4) is 0 Å². The first-order valence-electron chi connectivity index (χ1n) is 4.02. The third-order valence-corrected chi connectivity index (χ3v) is 1.52. The van der Waals surface area contributed by atoms with Crippen molar-refractivity contribution >= 4 is 5.91 Å². The Morgan fingerprint density at radius 1 is 1.55 bits per heavy atom. The lowest BCUT2D eigenvalue weighted by atomic mass is 10.3. The molecule has 3 heteroatoms. The number of carbonyl (C=O) groups excluding carboxylic acids is 1. The molecule has 0 saturated carbocycles. The van der Waals surface area contributed by atoms with Gasteiger partial charge in [-0.25, -0.2) is 0 Å². The normalized spacial score (nSPS) is 9.73. The summed E-state index contributed by atoms with van der Waals surface area (Å²) in [4.78, 5) is 12.6. The highest BCUT2D eigenvalue weighted by molar-refractivity contribution is 5.75. The summed E-state index contributed by atoms with van der Waals surface area (Å²) in [6, 6.07) is 0. The molecule has 0 N–H and O–H groups in total. The Kier molecular flexibility index (Phi) is 5.80. The summed E-state index contributed by atoms with van der Waals surface area (Å²) in [5.74, 6) is 0.112. The zero-order valence-electron chi connectivity index (χ0n) is 7.27. The predicted octanol–water partition coefficient (Wildman–Crippen LogP) is 1.60. The molecule has 0 heterocycles. The average molecular weight is 161 g/mol. The van der Waals surface area contributed by atoms with Gasteiger partial charge in [-0.3, -0.25) is 9.18 Å². The monoisotopic (exact) mass is 161 g/mol. The molecule has 0 atom stereocenters. The van der Waals surface area contributed by atoms with Crippen molar-refractivity contribution in [1.82, 2.24) is 4.90 Å². The summed E-state index contributed by atoms with van der Waals surface area (Å²) in [6.07, 6.45) is 1.88. The zero-order valence-corrected chi connectivity index (χ0v) is 7.27. The zero-order chi connectivity index (χ0) is 8.69. The first-order chi connectivity index (χ1) is 5.22. The Morgan fingerprint density at radius 2 is 2.18 bits per heavy atom. The number of halogens is 1. The van der Waals surface area contributed by atoms with Crippen LogP contribution in [0.2, 0.25) is 0 Å². The summed E-state index contributed by atoms with van der Waals surface area (Å²) in [5.41, 5.74) is 0. The molecule has 0 spiro atoms. The number of amides is 1. The Morgan fingerprint density at radius 3 is 2.64 bits per heavy atom. The van der Waals surface area contributed by atoms with Gasteiger partial charge in [0.15, 0.2) is 0 Å². The highest BCUT2D eigenvalue weighted by Gasteiger charge is 2.05. The highest BCUT2D eigenvalue weighted by atomic mass is 19.1. The molecule has 0 aliphatic carbocycles. The Balaban J connectivity index is 3.46. The van der Waals surface area contributed by atoms with Gasteiger partial charge >= 0.3 is 0 Å². The van der Waals surface area contributed by atoms with E-state index < -0.39 is 0 Å². The molecular weight excluding hydrogens is 145 g/mol. The fourth-order valence-electron chi connectivity index (χ4n) is 0.826. The van der Waals surface area contributed by atoms with Crippen LogP contribution in [0.5, 0.6) is 0 Å². The largest absolute Gasteiger partial charge is 0.346 e. The van der Waals surface area contributed by atoms with Crippen LogP contribution in [0.15, 0.2) is 0 Å². The maximum absolute atomic E-state index is 11.7. The van der Waals surface area contributed by atoms with E-state index in [0.29, 0.717) is 19.4 Å². The molecule has 66 valence electrons. The smallest absolute Gasteiger partial charge is 0.222 e. The van der Waals surface area contributed by atoms with E-state index in [0.717, 1.165) is 6.42 Å². The molecule has 0 aromatic carbocycles. The van der Waals surface area contributed by atoms with Crippen molar-refractivity contribution in [3.05, 3.63) is 0 Å². The average Bonchev–Trinajstić information content (AvgIpc) is 2.00. The number of alkyl halides is 1. The number of hydrogen-bond acceptors (Lipinski definition) is 1. The van der Waals surface area contributed by atoms with Crippen LogP contribution < -0.4 is 0 Å². The molecule has 0 aliphatic rings. The van der Waals surface area contributed by atoms with E-state index in [9.17, 15) is 9.18 Å². The molecule has 0 aromatic heterocycles. The summed E-state index contributed by atoms with van der Waals surface area (Å²) < 4.78 is 11.7. The lowest BCUT2D eigenvalue weighted by Crippen LogP contribution is -2.27. The van der Waals surface area contributed by atoms with Gasteiger partial charge in [0.2, 0.25) is 5.91 Å². The number of carbonyl (C=O) groups is 1. The van der Waals surface area contributed by atoms with Gasteiger partial charge in [0.25, 0.3) is 0 Å². The van der Waals surface area contributed by atoms with Crippen molar-refractivity contribution in [2.45, 2.75) is 26.2 Å². The second-order valence-electron chi connectivity index (χ2n) is 2.61. The quantitative estimate of drug-likeness (QED) is 0.599. The van der Waals surface area contributed by atoms with Crippen LogP contribution in [-0.4, -0.2) is 31.1 Å². The molecule has 1 amide bonds. The summed E-state index contributed by atoms with van der Waals surface area (Å²) >= 11 is 0. The minimum Gasteiger partial charge on any atom is -0.346 e. The molecule has 0 radical (unpaired) electrons. The highest BCUT2D eigenvalue weighted by Crippen LogP contribution is 1.95. The maximum Gasteiger partial charge on any atom is 0.222 e. The standard InChI is InChI=1S/C8H16FNO/c1-3-5-8(11)10(2)7-4-6-9/h3-7H2,1-2H3. The fourth-order valence-corrected chi connectivity index (χ4v) is 0.826. The van der Waals surface area contributed by atoms with Crippen molar-refractivity contribution in [3.63, 3.8) is 0 Å². The molecule has 11 heavy (non-hydrogen) atoms. The van der Waals surface area contributed by atoms with Gasteiger partial charge in [-0.05, 0) is 12.8 Å². The predicted molar refractivity (Wildman–Crippen MR) is 43.1 cm³/mol. The van der Waals surface area contributed by atoms with Crippen molar-refractivity contribution in [1.29, 1.82) is 0 Å². The van der Waals surface area contributed by atoms with Crippen molar-refractivity contribution in [2.24, 2.45) is 0 Å². The van der Waals surface area contributed by atoms with Gasteiger partial charge in [-0.15, -0.1) is 0 Å². The van der Waals surface area contributed by atoms with Crippen LogP contribution in [0.4, 0.5) is 4.39 Å². The first kappa shape index (κ1) is 10.4. The SMILES string of the molecule is CCCC(=O)N(C)CCCF. The van der Waals surface area contributed by atoms with Crippen molar-refractivity contribution in [2.75, 3.05) is 20.3 Å². The van der Waals surface area contributed by atoms with Crippen LogP contribution in [0.3, 0.4) is 0 Å². The third-order valence-electron chi connectivity index (χ3n) is 1.52. The van der Waals surface area contributed by atoms with E-state index in [1.165, 1.54) is 0 Å². The topological polar surface area (TPSA) is 20.3 Å². The van der Waals surface area contributed by atoms with Gasteiger partial charge in [0.1, 0.15) is 0 Å². The minimum atomic E-state index is -0.344. The molecule has 2 nitrogen and oxygen atoms in total. The van der Waals surface area contributed by atoms with Gasteiger partial charge < -0.3 is 4.90 Å². The van der Waals surface area contributed by atoms with Crippen LogP contribution in [0.1, 0.15) is 26.2 Å². The van der Waals surface area contributed by atoms with Crippen LogP contribution in [0.25, 0.3) is 0 Å². The summed E-state index contributed by atoms with van der Waals surface area (Å²) in [7, 11) is 1.72. The molecule has 0 aromatic rings. The van der Waals surface area contributed by atoms with Gasteiger partial charge in [0, 0.05) is 20.0 Å². The van der Waals surface area contributed by atoms with E-state index >= 15 is 0 Å². The van der Waals surface area contributed by atoms with Crippen LogP contribution in [-0.2, 0) is 4.79 Å². The second kappa shape index (κ2) is 6.13. The van der Waals surface area contributed by atoms with Crippen LogP contribution in [0, 0.1) is 0 Å². The summed E-state index contributed by atoms with van der Waals surface area (Å²) in [6.45, 7) is 2.15. The summed E-state index contributed by atoms with van der Waals surface area (Å²) in [5, 5.41) is 0. The maximum atomic E-state index is 11.7. The lowest BCUT2D eigenvalue weighted by molar-refractivity contribution is -0.130. The second-order valence-corrected chi connectivity index (χ2v) is 2.61. The van der Waals surface area contributed by atoms with E-state index in [4.69, 9.17) is 0 Å². The molecule has 0 unspecified atom stereocenters. The van der Waals surface area contributed by atoms with Crippen molar-refractivity contribution < 1.29 is 9.18 Å². The molecule has 0 aliphatic heterocycles. The first-order valence-corrected chi connectivity index (χ1v) is 4.02. The molecule has 0 saturated heterocycles. The van der Waals surface area contributed by atoms with E-state index in [1.54, 1.807) is 11.9 Å². The van der Waals surface area contributed by atoms with Crippen LogP contribution >= 0.6 is 0 Å². The molecular formula is C8H16FNO.